The van der Waals surface area contributed by atoms with Crippen LogP contribution in [0, 0.1) is 6.92 Å². The van der Waals surface area contributed by atoms with E-state index in [0.29, 0.717) is 24.8 Å². The van der Waals surface area contributed by atoms with Gasteiger partial charge in [-0.3, -0.25) is 14.4 Å². The minimum absolute atomic E-state index is 0.0242. The summed E-state index contributed by atoms with van der Waals surface area (Å²) in [5.74, 6) is 1.53. The van der Waals surface area contributed by atoms with Crippen LogP contribution in [0.1, 0.15) is 62.3 Å². The van der Waals surface area contributed by atoms with Crippen molar-refractivity contribution >= 4 is 5.91 Å². The van der Waals surface area contributed by atoms with Gasteiger partial charge in [-0.05, 0) is 77.4 Å². The molecule has 0 radical (unpaired) electrons. The van der Waals surface area contributed by atoms with Crippen LogP contribution in [0.3, 0.4) is 0 Å². The molecule has 1 amide bonds. The minimum Gasteiger partial charge on any atom is -0.454 e. The quantitative estimate of drug-likeness (QED) is 0.703. The maximum Gasteiger partial charge on any atom is 0.272 e. The van der Waals surface area contributed by atoms with Crippen LogP contribution in [0.2, 0.25) is 0 Å². The molecular formula is C24H34N4O3. The summed E-state index contributed by atoms with van der Waals surface area (Å²) in [6.07, 6.45) is 2.31. The van der Waals surface area contributed by atoms with Gasteiger partial charge in [0.1, 0.15) is 5.69 Å². The van der Waals surface area contributed by atoms with E-state index in [-0.39, 0.29) is 18.2 Å². The van der Waals surface area contributed by atoms with Gasteiger partial charge in [0.25, 0.3) is 5.91 Å². The van der Waals surface area contributed by atoms with Crippen molar-refractivity contribution in [3.05, 3.63) is 41.2 Å². The number of hydrogen-bond donors (Lipinski definition) is 0. The van der Waals surface area contributed by atoms with Gasteiger partial charge in [-0.1, -0.05) is 13.0 Å². The lowest BCUT2D eigenvalue weighted by atomic mass is 10.1. The molecule has 3 heterocycles. The number of fused-ring (bicyclic) bond motifs is 1. The van der Waals surface area contributed by atoms with Crippen molar-refractivity contribution in [2.45, 2.75) is 65.6 Å². The minimum atomic E-state index is -0.271. The van der Waals surface area contributed by atoms with Gasteiger partial charge in [0, 0.05) is 19.1 Å². The Bertz CT molecular complexity index is 947. The second kappa shape index (κ2) is 8.54. The molecule has 2 aliphatic rings. The second-order valence-electron chi connectivity index (χ2n) is 9.55. The Morgan fingerprint density at radius 2 is 2.00 bits per heavy atom. The van der Waals surface area contributed by atoms with E-state index in [2.05, 4.69) is 37.7 Å². The SMILES string of the molecule is CCN1CCC[C@@H]1CN(Cc1ccc2c(c1)OCO2)C(=O)c1cc(C)nn1C(C)(C)C. The molecule has 1 saturated heterocycles. The highest BCUT2D eigenvalue weighted by Crippen LogP contribution is 2.33. The monoisotopic (exact) mass is 426 g/mol. The van der Waals surface area contributed by atoms with E-state index < -0.39 is 0 Å². The summed E-state index contributed by atoms with van der Waals surface area (Å²) < 4.78 is 12.9. The first-order chi connectivity index (χ1) is 14.8. The second-order valence-corrected chi connectivity index (χ2v) is 9.55. The number of rotatable bonds is 6. The summed E-state index contributed by atoms with van der Waals surface area (Å²) in [6, 6.07) is 8.23. The molecule has 2 aliphatic heterocycles. The number of aryl methyl sites for hydroxylation is 1. The largest absolute Gasteiger partial charge is 0.454 e. The van der Waals surface area contributed by atoms with Crippen LogP contribution in [0.4, 0.5) is 0 Å². The van der Waals surface area contributed by atoms with E-state index in [9.17, 15) is 4.79 Å². The molecular weight excluding hydrogens is 392 g/mol. The Morgan fingerprint density at radius 1 is 1.23 bits per heavy atom. The summed E-state index contributed by atoms with van der Waals surface area (Å²) in [5, 5.41) is 4.62. The van der Waals surface area contributed by atoms with Gasteiger partial charge in [-0.25, -0.2) is 0 Å². The zero-order valence-corrected chi connectivity index (χ0v) is 19.4. The Morgan fingerprint density at radius 3 is 2.74 bits per heavy atom. The lowest BCUT2D eigenvalue weighted by molar-refractivity contribution is 0.0671. The van der Waals surface area contributed by atoms with E-state index in [1.165, 1.54) is 6.42 Å². The third-order valence-electron chi connectivity index (χ3n) is 6.12. The highest BCUT2D eigenvalue weighted by molar-refractivity contribution is 5.93. The number of carbonyl (C=O) groups excluding carboxylic acids is 1. The molecule has 4 rings (SSSR count). The number of likely N-dealkylation sites (N-methyl/N-ethyl adjacent to an activating group) is 1. The third-order valence-corrected chi connectivity index (χ3v) is 6.12. The van der Waals surface area contributed by atoms with E-state index >= 15 is 0 Å². The van der Waals surface area contributed by atoms with Crippen molar-refractivity contribution in [1.82, 2.24) is 19.6 Å². The van der Waals surface area contributed by atoms with Crippen LogP contribution in [0.25, 0.3) is 0 Å². The molecule has 1 aromatic heterocycles. The lowest BCUT2D eigenvalue weighted by Gasteiger charge is -2.31. The Kier molecular flexibility index (Phi) is 5.97. The first kappa shape index (κ1) is 21.7. The molecule has 168 valence electrons. The van der Waals surface area contributed by atoms with Crippen molar-refractivity contribution in [3.8, 4) is 11.5 Å². The van der Waals surface area contributed by atoms with Gasteiger partial charge in [-0.15, -0.1) is 0 Å². The fourth-order valence-corrected chi connectivity index (χ4v) is 4.58. The molecule has 0 saturated carbocycles. The summed E-state index contributed by atoms with van der Waals surface area (Å²) in [4.78, 5) is 18.3. The van der Waals surface area contributed by atoms with Crippen molar-refractivity contribution in [2.75, 3.05) is 26.4 Å². The highest BCUT2D eigenvalue weighted by atomic mass is 16.7. The maximum absolute atomic E-state index is 13.8. The van der Waals surface area contributed by atoms with Gasteiger partial charge in [0.2, 0.25) is 6.79 Å². The van der Waals surface area contributed by atoms with Gasteiger partial charge in [0.15, 0.2) is 11.5 Å². The molecule has 0 N–H and O–H groups in total. The Hall–Kier alpha value is -2.54. The Labute approximate surface area is 184 Å². The summed E-state index contributed by atoms with van der Waals surface area (Å²) in [6.45, 7) is 14.0. The van der Waals surface area contributed by atoms with E-state index in [1.807, 2.05) is 40.8 Å². The van der Waals surface area contributed by atoms with Crippen LogP contribution < -0.4 is 9.47 Å². The zero-order chi connectivity index (χ0) is 22.2. The molecule has 1 aromatic carbocycles. The zero-order valence-electron chi connectivity index (χ0n) is 19.4. The predicted octanol–water partition coefficient (Wildman–Crippen LogP) is 3.80. The molecule has 0 spiro atoms. The van der Waals surface area contributed by atoms with Crippen LogP contribution in [0.15, 0.2) is 24.3 Å². The smallest absolute Gasteiger partial charge is 0.272 e. The van der Waals surface area contributed by atoms with Gasteiger partial charge >= 0.3 is 0 Å². The van der Waals surface area contributed by atoms with E-state index in [1.54, 1.807) is 0 Å². The first-order valence-corrected chi connectivity index (χ1v) is 11.2. The van der Waals surface area contributed by atoms with E-state index in [4.69, 9.17) is 9.47 Å². The molecule has 2 aromatic rings. The molecule has 1 atom stereocenters. The van der Waals surface area contributed by atoms with Crippen molar-refractivity contribution in [1.29, 1.82) is 0 Å². The Balaban J connectivity index is 1.64. The standard InChI is InChI=1S/C24H34N4O3/c1-6-26-11-7-8-19(26)15-27(14-18-9-10-21-22(13-18)31-16-30-21)23(29)20-12-17(2)25-28(20)24(3,4)5/h9-10,12-13,19H,6-8,11,14-16H2,1-5H3/t19-/m1/s1. The van der Waals surface area contributed by atoms with Crippen LogP contribution in [-0.4, -0.2) is 58.0 Å². The van der Waals surface area contributed by atoms with Gasteiger partial charge in [0.05, 0.1) is 11.2 Å². The van der Waals surface area contributed by atoms with E-state index in [0.717, 1.165) is 42.3 Å². The average molecular weight is 427 g/mol. The third kappa shape index (κ3) is 4.56. The lowest BCUT2D eigenvalue weighted by Crippen LogP contribution is -2.44. The summed E-state index contributed by atoms with van der Waals surface area (Å²) in [5.41, 5.74) is 2.27. The molecule has 0 bridgehead atoms. The molecule has 1 fully saturated rings. The number of amides is 1. The molecule has 0 aliphatic carbocycles. The molecule has 7 heteroatoms. The average Bonchev–Trinajstić information content (AvgIpc) is 3.45. The number of hydrogen-bond acceptors (Lipinski definition) is 5. The first-order valence-electron chi connectivity index (χ1n) is 11.2. The number of likely N-dealkylation sites (tertiary alicyclic amines) is 1. The van der Waals surface area contributed by atoms with Crippen LogP contribution in [-0.2, 0) is 12.1 Å². The van der Waals surface area contributed by atoms with Crippen molar-refractivity contribution in [2.24, 2.45) is 0 Å². The topological polar surface area (TPSA) is 59.8 Å². The van der Waals surface area contributed by atoms with Gasteiger partial charge in [-0.2, -0.15) is 5.10 Å². The van der Waals surface area contributed by atoms with Crippen LogP contribution >= 0.6 is 0 Å². The van der Waals surface area contributed by atoms with Gasteiger partial charge < -0.3 is 14.4 Å². The fourth-order valence-electron chi connectivity index (χ4n) is 4.58. The number of benzene rings is 1. The number of ether oxygens (including phenoxy) is 2. The van der Waals surface area contributed by atoms with Crippen LogP contribution in [0.5, 0.6) is 11.5 Å². The number of nitrogens with zero attached hydrogens (tertiary/aromatic N) is 4. The maximum atomic E-state index is 13.8. The fraction of sp³-hybridized carbons (Fsp3) is 0.583. The predicted molar refractivity (Wildman–Crippen MR) is 120 cm³/mol. The summed E-state index contributed by atoms with van der Waals surface area (Å²) >= 11 is 0. The van der Waals surface area contributed by atoms with Crippen molar-refractivity contribution < 1.29 is 14.3 Å². The molecule has 0 unspecified atom stereocenters. The molecule has 31 heavy (non-hydrogen) atoms. The highest BCUT2D eigenvalue weighted by Gasteiger charge is 2.31. The molecule has 7 nitrogen and oxygen atoms in total. The normalized spacial score (nSPS) is 18.5. The number of aromatic nitrogens is 2. The number of carbonyl (C=O) groups is 1. The van der Waals surface area contributed by atoms with Crippen molar-refractivity contribution in [3.63, 3.8) is 0 Å². The summed E-state index contributed by atoms with van der Waals surface area (Å²) in [7, 11) is 0.